The van der Waals surface area contributed by atoms with Gasteiger partial charge in [-0.05, 0) is 53.5 Å². The predicted octanol–water partition coefficient (Wildman–Crippen LogP) is 4.42. The Morgan fingerprint density at radius 1 is 1.20 bits per heavy atom. The molecule has 1 atom stereocenters. The third-order valence-corrected chi connectivity index (χ3v) is 5.23. The third kappa shape index (κ3) is 4.42. The Bertz CT molecular complexity index is 512. The number of nitrogens with two attached hydrogens (primary N) is 1. The van der Waals surface area contributed by atoms with Gasteiger partial charge >= 0.3 is 0 Å². The molecule has 0 aliphatic carbocycles. The zero-order chi connectivity index (χ0) is 14.4. The minimum Gasteiger partial charge on any atom is -0.330 e. The van der Waals surface area contributed by atoms with E-state index in [1.165, 1.54) is 14.2 Å². The Balaban J connectivity index is 2.10. The molecule has 0 amide bonds. The Morgan fingerprint density at radius 3 is 2.55 bits per heavy atom. The minimum absolute atomic E-state index is 0.415. The van der Waals surface area contributed by atoms with Crippen molar-refractivity contribution in [1.82, 2.24) is 4.90 Å². The van der Waals surface area contributed by atoms with E-state index in [9.17, 15) is 0 Å². The Labute approximate surface area is 133 Å². The Hall–Kier alpha value is -0.680. The van der Waals surface area contributed by atoms with Gasteiger partial charge in [0, 0.05) is 24.0 Å². The summed E-state index contributed by atoms with van der Waals surface area (Å²) in [5.41, 5.74) is 7.04. The molecule has 2 N–H and O–H groups in total. The van der Waals surface area contributed by atoms with Crippen LogP contribution in [-0.2, 0) is 6.54 Å². The quantitative estimate of drug-likeness (QED) is 0.798. The first-order valence-electron chi connectivity index (χ1n) is 6.94. The van der Waals surface area contributed by atoms with Crippen LogP contribution >= 0.6 is 27.3 Å². The van der Waals surface area contributed by atoms with Crippen molar-refractivity contribution in [3.63, 3.8) is 0 Å². The fraction of sp³-hybridized carbons (Fsp3) is 0.375. The minimum atomic E-state index is 0.415. The number of halogens is 1. The normalized spacial score (nSPS) is 12.8. The third-order valence-electron chi connectivity index (χ3n) is 3.43. The number of rotatable bonds is 7. The van der Waals surface area contributed by atoms with E-state index in [-0.39, 0.29) is 0 Å². The Morgan fingerprint density at radius 2 is 1.95 bits per heavy atom. The van der Waals surface area contributed by atoms with Gasteiger partial charge in [0.1, 0.15) is 0 Å². The molecule has 0 bridgehead atoms. The monoisotopic (exact) mass is 352 g/mol. The first-order chi connectivity index (χ1) is 9.70. The van der Waals surface area contributed by atoms with Crippen LogP contribution in [0.4, 0.5) is 0 Å². The summed E-state index contributed by atoms with van der Waals surface area (Å²) in [7, 11) is 0. The summed E-state index contributed by atoms with van der Waals surface area (Å²) in [5, 5.41) is 0. The molecule has 1 unspecified atom stereocenters. The molecule has 1 aromatic carbocycles. The molecule has 0 aliphatic heterocycles. The van der Waals surface area contributed by atoms with Gasteiger partial charge in [0.15, 0.2) is 0 Å². The van der Waals surface area contributed by atoms with E-state index < -0.39 is 0 Å². The molecule has 2 aromatic rings. The molecule has 0 saturated carbocycles. The maximum absolute atomic E-state index is 5.68. The van der Waals surface area contributed by atoms with Crippen LogP contribution in [0.25, 0.3) is 0 Å². The second-order valence-electron chi connectivity index (χ2n) is 4.92. The zero-order valence-corrected chi connectivity index (χ0v) is 14.2. The molecule has 20 heavy (non-hydrogen) atoms. The summed E-state index contributed by atoms with van der Waals surface area (Å²) in [6.45, 7) is 5.02. The van der Waals surface area contributed by atoms with E-state index in [2.05, 4.69) is 70.2 Å². The lowest BCUT2D eigenvalue weighted by Gasteiger charge is -2.28. The highest BCUT2D eigenvalue weighted by Crippen LogP contribution is 2.31. The summed E-state index contributed by atoms with van der Waals surface area (Å²) < 4.78 is 1.19. The first-order valence-corrected chi connectivity index (χ1v) is 8.55. The molecule has 0 radical (unpaired) electrons. The van der Waals surface area contributed by atoms with Crippen molar-refractivity contribution in [2.24, 2.45) is 5.73 Å². The van der Waals surface area contributed by atoms with Gasteiger partial charge in [0.2, 0.25) is 0 Å². The molecule has 108 valence electrons. The molecular formula is C16H21BrN2S. The van der Waals surface area contributed by atoms with Crippen LogP contribution in [0, 0.1) is 0 Å². The predicted molar refractivity (Wildman–Crippen MR) is 91.0 cm³/mol. The summed E-state index contributed by atoms with van der Waals surface area (Å²) >= 11 is 5.36. The first kappa shape index (κ1) is 15.7. The maximum Gasteiger partial charge on any atom is 0.0701 e. The van der Waals surface area contributed by atoms with Crippen molar-refractivity contribution in [3.05, 3.63) is 56.7 Å². The van der Waals surface area contributed by atoms with Crippen molar-refractivity contribution in [3.8, 4) is 0 Å². The van der Waals surface area contributed by atoms with Gasteiger partial charge in [-0.2, -0.15) is 0 Å². The van der Waals surface area contributed by atoms with Crippen LogP contribution in [0.2, 0.25) is 0 Å². The smallest absolute Gasteiger partial charge is 0.0701 e. The van der Waals surface area contributed by atoms with Crippen LogP contribution in [0.1, 0.15) is 29.8 Å². The van der Waals surface area contributed by atoms with Crippen LogP contribution in [0.3, 0.4) is 0 Å². The van der Waals surface area contributed by atoms with Crippen molar-refractivity contribution in [1.29, 1.82) is 0 Å². The summed E-state index contributed by atoms with van der Waals surface area (Å²) in [6, 6.07) is 15.4. The largest absolute Gasteiger partial charge is 0.330 e. The summed E-state index contributed by atoms with van der Waals surface area (Å²) in [6.07, 6.45) is 1.03. The van der Waals surface area contributed by atoms with Gasteiger partial charge in [-0.3, -0.25) is 4.90 Å². The van der Waals surface area contributed by atoms with Gasteiger partial charge in [-0.25, -0.2) is 0 Å². The highest BCUT2D eigenvalue weighted by atomic mass is 79.9. The van der Waals surface area contributed by atoms with Gasteiger partial charge in [0.05, 0.1) is 3.79 Å². The van der Waals surface area contributed by atoms with Gasteiger partial charge in [-0.15, -0.1) is 11.3 Å². The van der Waals surface area contributed by atoms with Crippen LogP contribution in [0.5, 0.6) is 0 Å². The fourth-order valence-corrected chi connectivity index (χ4v) is 3.76. The summed E-state index contributed by atoms with van der Waals surface area (Å²) in [5.74, 6) is 0. The van der Waals surface area contributed by atoms with Gasteiger partial charge in [0.25, 0.3) is 0 Å². The number of hydrogen-bond acceptors (Lipinski definition) is 3. The van der Waals surface area contributed by atoms with E-state index >= 15 is 0 Å². The maximum atomic E-state index is 5.68. The molecule has 0 fully saturated rings. The highest BCUT2D eigenvalue weighted by molar-refractivity contribution is 9.11. The topological polar surface area (TPSA) is 29.3 Å². The molecule has 0 spiro atoms. The lowest BCUT2D eigenvalue weighted by molar-refractivity contribution is 0.203. The van der Waals surface area contributed by atoms with E-state index in [1.54, 1.807) is 0 Å². The van der Waals surface area contributed by atoms with E-state index in [1.807, 2.05) is 11.3 Å². The molecule has 0 saturated heterocycles. The fourth-order valence-electron chi connectivity index (χ4n) is 2.25. The Kier molecular flexibility index (Phi) is 6.23. The lowest BCUT2D eigenvalue weighted by Crippen LogP contribution is -2.28. The van der Waals surface area contributed by atoms with Crippen molar-refractivity contribution in [2.75, 3.05) is 13.1 Å². The SMILES string of the molecule is CC(c1ccc(Br)s1)N(CCCN)Cc1ccccc1. The number of thiophene rings is 1. The second kappa shape index (κ2) is 7.93. The molecule has 2 rings (SSSR count). The number of nitrogens with zero attached hydrogens (tertiary/aromatic N) is 1. The number of hydrogen-bond donors (Lipinski definition) is 1. The molecule has 1 aromatic heterocycles. The van der Waals surface area contributed by atoms with Crippen LogP contribution in [-0.4, -0.2) is 18.0 Å². The van der Waals surface area contributed by atoms with E-state index in [0.717, 1.165) is 26.1 Å². The van der Waals surface area contributed by atoms with Gasteiger partial charge in [-0.1, -0.05) is 30.3 Å². The standard InChI is InChI=1S/C16H21BrN2S/c1-13(15-8-9-16(17)20-15)19(11-5-10-18)12-14-6-3-2-4-7-14/h2-4,6-9,13H,5,10-12,18H2,1H3. The molecule has 2 nitrogen and oxygen atoms in total. The van der Waals surface area contributed by atoms with E-state index in [4.69, 9.17) is 5.73 Å². The van der Waals surface area contributed by atoms with Crippen molar-refractivity contribution < 1.29 is 0 Å². The van der Waals surface area contributed by atoms with Crippen molar-refractivity contribution >= 4 is 27.3 Å². The lowest BCUT2D eigenvalue weighted by atomic mass is 10.1. The molecule has 0 aliphatic rings. The van der Waals surface area contributed by atoms with Gasteiger partial charge < -0.3 is 5.73 Å². The van der Waals surface area contributed by atoms with E-state index in [0.29, 0.717) is 6.04 Å². The average Bonchev–Trinajstić information content (AvgIpc) is 2.90. The molecular weight excluding hydrogens is 332 g/mol. The summed E-state index contributed by atoms with van der Waals surface area (Å²) in [4.78, 5) is 3.89. The zero-order valence-electron chi connectivity index (χ0n) is 11.8. The van der Waals surface area contributed by atoms with Crippen LogP contribution < -0.4 is 5.73 Å². The molecule has 4 heteroatoms. The number of benzene rings is 1. The molecule has 1 heterocycles. The highest BCUT2D eigenvalue weighted by Gasteiger charge is 2.17. The van der Waals surface area contributed by atoms with Crippen molar-refractivity contribution in [2.45, 2.75) is 25.9 Å². The average molecular weight is 353 g/mol. The second-order valence-corrected chi connectivity index (χ2v) is 7.41. The van der Waals surface area contributed by atoms with Crippen LogP contribution in [0.15, 0.2) is 46.3 Å².